The van der Waals surface area contributed by atoms with Crippen molar-refractivity contribution in [1.82, 2.24) is 0 Å². The Morgan fingerprint density at radius 1 is 0.952 bits per heavy atom. The molecule has 2 aromatic carbocycles. The van der Waals surface area contributed by atoms with E-state index in [1.54, 1.807) is 4.90 Å². The highest BCUT2D eigenvalue weighted by Gasteiger charge is 2.27. The van der Waals surface area contributed by atoms with Gasteiger partial charge < -0.3 is 17.3 Å². The molecule has 0 aromatic heterocycles. The smallest absolute Gasteiger partial charge is 0.157 e. The van der Waals surface area contributed by atoms with E-state index in [4.69, 9.17) is 0 Å². The number of anilines is 1. The number of halogens is 1. The molecule has 2 nitrogen and oxygen atoms in total. The summed E-state index contributed by atoms with van der Waals surface area (Å²) in [6.45, 7) is 10.0. The number of benzene rings is 2. The second-order valence-electron chi connectivity index (χ2n) is 5.89. The van der Waals surface area contributed by atoms with Crippen molar-refractivity contribution in [2.45, 2.75) is 20.8 Å². The van der Waals surface area contributed by atoms with Gasteiger partial charge in [-0.1, -0.05) is 35.9 Å². The first kappa shape index (κ1) is 15.9. The fourth-order valence-electron chi connectivity index (χ4n) is 3.43. The molecule has 0 aliphatic carbocycles. The Balaban J connectivity index is 0.00000161. The van der Waals surface area contributed by atoms with Crippen LogP contribution in [0.15, 0.2) is 42.5 Å². The lowest BCUT2D eigenvalue weighted by molar-refractivity contribution is -0.817. The molecule has 21 heavy (non-hydrogen) atoms. The number of nitrogens with one attached hydrogen (secondary N) is 1. The molecule has 0 saturated carbocycles. The minimum absolute atomic E-state index is 0. The van der Waals surface area contributed by atoms with Crippen LogP contribution >= 0.6 is 0 Å². The fourth-order valence-corrected chi connectivity index (χ4v) is 3.43. The monoisotopic (exact) mass is 302 g/mol. The van der Waals surface area contributed by atoms with E-state index in [2.05, 4.69) is 68.1 Å². The number of nitrogens with zero attached hydrogens (tertiary/aromatic N) is 1. The van der Waals surface area contributed by atoms with Crippen LogP contribution in [0.1, 0.15) is 16.7 Å². The molecule has 0 amide bonds. The van der Waals surface area contributed by atoms with Crippen LogP contribution in [0.2, 0.25) is 0 Å². The van der Waals surface area contributed by atoms with E-state index in [9.17, 15) is 0 Å². The van der Waals surface area contributed by atoms with E-state index in [1.165, 1.54) is 34.6 Å². The molecule has 0 radical (unpaired) electrons. The Morgan fingerprint density at radius 2 is 1.57 bits per heavy atom. The van der Waals surface area contributed by atoms with Gasteiger partial charge in [-0.2, -0.15) is 0 Å². The van der Waals surface area contributed by atoms with E-state index >= 15 is 0 Å². The van der Waals surface area contributed by atoms with Crippen molar-refractivity contribution >= 4 is 11.4 Å². The molecule has 1 unspecified atom stereocenters. The summed E-state index contributed by atoms with van der Waals surface area (Å²) in [6, 6.07) is 15.4. The zero-order valence-corrected chi connectivity index (χ0v) is 13.7. The molecule has 1 N–H and O–H groups in total. The molecule has 1 heterocycles. The first-order chi connectivity index (χ1) is 9.65. The summed E-state index contributed by atoms with van der Waals surface area (Å²) in [6.07, 6.45) is 0. The Labute approximate surface area is 133 Å². The molecule has 1 aliphatic rings. The predicted octanol–water partition coefficient (Wildman–Crippen LogP) is -0.390. The first-order valence-corrected chi connectivity index (χ1v) is 7.38. The number of aryl methyl sites for hydroxylation is 3. The lowest BCUT2D eigenvalue weighted by atomic mass is 10.0. The third-order valence-electron chi connectivity index (χ3n) is 4.20. The van der Waals surface area contributed by atoms with Crippen LogP contribution in [-0.4, -0.2) is 19.8 Å². The number of para-hydroxylation sites is 1. The Kier molecular flexibility index (Phi) is 4.92. The number of rotatable bonds is 2. The van der Waals surface area contributed by atoms with Crippen molar-refractivity contribution in [3.63, 3.8) is 0 Å². The summed E-state index contributed by atoms with van der Waals surface area (Å²) < 4.78 is 0. The largest absolute Gasteiger partial charge is 1.00 e. The predicted molar refractivity (Wildman–Crippen MR) is 84.8 cm³/mol. The van der Waals surface area contributed by atoms with Gasteiger partial charge in [-0.15, -0.1) is 0 Å². The van der Waals surface area contributed by atoms with Gasteiger partial charge in [0, 0.05) is 5.69 Å². The van der Waals surface area contributed by atoms with Gasteiger partial charge in [0.25, 0.3) is 0 Å². The van der Waals surface area contributed by atoms with Gasteiger partial charge in [-0.25, -0.2) is 0 Å². The normalized spacial score (nSPS) is 17.7. The van der Waals surface area contributed by atoms with Crippen LogP contribution in [0, 0.1) is 20.8 Å². The van der Waals surface area contributed by atoms with Crippen molar-refractivity contribution in [3.05, 3.63) is 59.2 Å². The fraction of sp³-hybridized carbons (Fsp3) is 0.333. The van der Waals surface area contributed by atoms with Crippen molar-refractivity contribution in [3.8, 4) is 0 Å². The van der Waals surface area contributed by atoms with Crippen molar-refractivity contribution in [2.24, 2.45) is 0 Å². The van der Waals surface area contributed by atoms with E-state index in [0.29, 0.717) is 0 Å². The summed E-state index contributed by atoms with van der Waals surface area (Å²) in [7, 11) is 0. The maximum absolute atomic E-state index is 2.53. The second-order valence-corrected chi connectivity index (χ2v) is 5.89. The average molecular weight is 303 g/mol. The standard InChI is InChI=1S/C18H22N2.ClH/c1-14-11-15(2)18(16(3)12-14)20-10-9-19(13-20)17-7-5-4-6-8-17;/h4-8,11-12H,9-10,13H2,1-3H3;1H. The Bertz CT molecular complexity index is 587. The van der Waals surface area contributed by atoms with Gasteiger partial charge >= 0.3 is 0 Å². The third-order valence-corrected chi connectivity index (χ3v) is 4.20. The molecule has 1 atom stereocenters. The van der Waals surface area contributed by atoms with E-state index in [-0.39, 0.29) is 12.4 Å². The highest BCUT2D eigenvalue weighted by atomic mass is 35.5. The lowest BCUT2D eigenvalue weighted by Gasteiger charge is -2.21. The number of hydrogen-bond donors (Lipinski definition) is 1. The first-order valence-electron chi connectivity index (χ1n) is 7.38. The van der Waals surface area contributed by atoms with Crippen molar-refractivity contribution < 1.29 is 17.3 Å². The second kappa shape index (κ2) is 6.50. The van der Waals surface area contributed by atoms with Gasteiger partial charge in [-0.3, -0.25) is 4.90 Å². The quantitative estimate of drug-likeness (QED) is 0.794. The summed E-state index contributed by atoms with van der Waals surface area (Å²) in [5, 5.41) is 0. The lowest BCUT2D eigenvalue weighted by Crippen LogP contribution is -3.05. The van der Waals surface area contributed by atoms with E-state index in [0.717, 1.165) is 13.2 Å². The molecule has 2 aromatic rings. The van der Waals surface area contributed by atoms with Crippen molar-refractivity contribution in [2.75, 3.05) is 24.7 Å². The number of hydrogen-bond acceptors (Lipinski definition) is 1. The topological polar surface area (TPSA) is 7.68 Å². The zero-order chi connectivity index (χ0) is 14.1. The minimum atomic E-state index is 0. The third kappa shape index (κ3) is 3.22. The highest BCUT2D eigenvalue weighted by molar-refractivity contribution is 5.60. The van der Waals surface area contributed by atoms with Crippen LogP contribution in [0.25, 0.3) is 0 Å². The minimum Gasteiger partial charge on any atom is -1.00 e. The highest BCUT2D eigenvalue weighted by Crippen LogP contribution is 2.26. The molecule has 1 aliphatic heterocycles. The molecule has 3 rings (SSSR count). The zero-order valence-electron chi connectivity index (χ0n) is 13.0. The molecular weight excluding hydrogens is 280 g/mol. The van der Waals surface area contributed by atoms with Gasteiger partial charge in [0.15, 0.2) is 6.67 Å². The van der Waals surface area contributed by atoms with Crippen LogP contribution in [0.4, 0.5) is 11.4 Å². The molecule has 3 heteroatoms. The van der Waals surface area contributed by atoms with Crippen LogP contribution < -0.4 is 22.2 Å². The van der Waals surface area contributed by atoms with E-state index in [1.807, 2.05) is 0 Å². The summed E-state index contributed by atoms with van der Waals surface area (Å²) in [4.78, 5) is 4.09. The summed E-state index contributed by atoms with van der Waals surface area (Å²) >= 11 is 0. The molecule has 1 fully saturated rings. The van der Waals surface area contributed by atoms with Gasteiger partial charge in [0.05, 0.1) is 6.54 Å². The summed E-state index contributed by atoms with van der Waals surface area (Å²) in [5.41, 5.74) is 6.99. The van der Waals surface area contributed by atoms with E-state index < -0.39 is 0 Å². The van der Waals surface area contributed by atoms with Crippen LogP contribution in [0.3, 0.4) is 0 Å². The molecule has 1 saturated heterocycles. The van der Waals surface area contributed by atoms with Gasteiger partial charge in [0.2, 0.25) is 0 Å². The van der Waals surface area contributed by atoms with Crippen LogP contribution in [0.5, 0.6) is 0 Å². The maximum Gasteiger partial charge on any atom is 0.157 e. The average Bonchev–Trinajstić information content (AvgIpc) is 2.88. The van der Waals surface area contributed by atoms with Crippen molar-refractivity contribution in [1.29, 1.82) is 0 Å². The van der Waals surface area contributed by atoms with Gasteiger partial charge in [-0.05, 0) is 44.0 Å². The molecule has 112 valence electrons. The molecule has 0 spiro atoms. The summed E-state index contributed by atoms with van der Waals surface area (Å²) in [5.74, 6) is 0. The molecule has 0 bridgehead atoms. The number of quaternary nitrogens is 1. The van der Waals surface area contributed by atoms with Crippen LogP contribution in [-0.2, 0) is 0 Å². The van der Waals surface area contributed by atoms with Gasteiger partial charge in [0.1, 0.15) is 12.2 Å². The molecular formula is C18H23ClN2. The Hall–Kier alpha value is -1.51. The Morgan fingerprint density at radius 3 is 2.19 bits per heavy atom. The SMILES string of the molecule is Cc1cc(C)c(N2CC[NH+](c3ccccc3)C2)c(C)c1.[Cl-]. The maximum atomic E-state index is 2.53.